The zero-order valence-corrected chi connectivity index (χ0v) is 14.0. The average Bonchev–Trinajstić information content (AvgIpc) is 2.55. The molecule has 0 saturated carbocycles. The molecule has 1 aromatic carbocycles. The molecule has 0 aromatic heterocycles. The van der Waals surface area contributed by atoms with Crippen molar-refractivity contribution < 1.29 is 14.3 Å². The van der Waals surface area contributed by atoms with Gasteiger partial charge in [-0.25, -0.2) is 0 Å². The van der Waals surface area contributed by atoms with E-state index in [0.717, 1.165) is 6.42 Å². The van der Waals surface area contributed by atoms with Gasteiger partial charge in [0.15, 0.2) is 0 Å². The number of hydrogen-bond donors (Lipinski definition) is 0. The lowest BCUT2D eigenvalue weighted by Crippen LogP contribution is -2.31. The molecule has 23 heavy (non-hydrogen) atoms. The summed E-state index contributed by atoms with van der Waals surface area (Å²) < 4.78 is 4.95. The fourth-order valence-corrected chi connectivity index (χ4v) is 2.07. The number of ether oxygens (including phenoxy) is 1. The van der Waals surface area contributed by atoms with Crippen LogP contribution in [0.3, 0.4) is 0 Å². The van der Waals surface area contributed by atoms with E-state index in [1.807, 2.05) is 37.3 Å². The average molecular weight is 316 g/mol. The van der Waals surface area contributed by atoms with E-state index in [2.05, 4.69) is 13.8 Å². The lowest BCUT2D eigenvalue weighted by molar-refractivity contribution is -0.144. The van der Waals surface area contributed by atoms with Gasteiger partial charge in [-0.3, -0.25) is 14.5 Å². The van der Waals surface area contributed by atoms with Crippen LogP contribution in [0.1, 0.15) is 51.5 Å². The molecule has 1 rings (SSSR count). The summed E-state index contributed by atoms with van der Waals surface area (Å²) in [4.78, 5) is 25.2. The van der Waals surface area contributed by atoms with Crippen LogP contribution in [-0.2, 0) is 14.3 Å². The predicted molar refractivity (Wildman–Crippen MR) is 89.0 cm³/mol. The number of nitrogens with zero attached hydrogens (tertiary/aromatic N) is 2. The smallest absolute Gasteiger partial charge is 0.306 e. The van der Waals surface area contributed by atoms with Crippen molar-refractivity contribution in [2.24, 2.45) is 0 Å². The van der Waals surface area contributed by atoms with Crippen LogP contribution in [-0.4, -0.2) is 25.0 Å². The Balaban J connectivity index is 2.71. The standard InChI is InChI=1S/C18H24N2O3/c1-4-13-23-18(22)10-9-17(21)20(12-11-19)16-7-5-15(6-8-16)14(2)3/h5-8,14H,4,9-10,12-13H2,1-3H3. The molecule has 5 heteroatoms. The number of carbonyl (C=O) groups is 2. The first-order valence-electron chi connectivity index (χ1n) is 7.92. The molecule has 5 nitrogen and oxygen atoms in total. The molecule has 0 heterocycles. The van der Waals surface area contributed by atoms with Crippen LogP contribution >= 0.6 is 0 Å². The van der Waals surface area contributed by atoms with Gasteiger partial charge < -0.3 is 4.74 Å². The Kier molecular flexibility index (Phi) is 7.82. The van der Waals surface area contributed by atoms with Gasteiger partial charge >= 0.3 is 5.97 Å². The number of rotatable bonds is 8. The molecule has 0 unspecified atom stereocenters. The molecule has 0 radical (unpaired) electrons. The molecule has 0 fully saturated rings. The van der Waals surface area contributed by atoms with Crippen molar-refractivity contribution in [1.82, 2.24) is 0 Å². The number of nitriles is 1. The first-order chi connectivity index (χ1) is 11.0. The van der Waals surface area contributed by atoms with Crippen molar-refractivity contribution in [3.05, 3.63) is 29.8 Å². The number of benzene rings is 1. The molecule has 124 valence electrons. The summed E-state index contributed by atoms with van der Waals surface area (Å²) in [6.07, 6.45) is 0.823. The largest absolute Gasteiger partial charge is 0.466 e. The third-order valence-electron chi connectivity index (χ3n) is 3.41. The third-order valence-corrected chi connectivity index (χ3v) is 3.41. The molecule has 0 aliphatic carbocycles. The third kappa shape index (κ3) is 6.11. The highest BCUT2D eigenvalue weighted by molar-refractivity contribution is 5.95. The second-order valence-corrected chi connectivity index (χ2v) is 5.60. The Morgan fingerprint density at radius 3 is 2.39 bits per heavy atom. The number of carbonyl (C=O) groups excluding carboxylic acids is 2. The van der Waals surface area contributed by atoms with E-state index in [1.165, 1.54) is 10.5 Å². The zero-order valence-electron chi connectivity index (χ0n) is 14.0. The van der Waals surface area contributed by atoms with Crippen molar-refractivity contribution in [1.29, 1.82) is 5.26 Å². The second-order valence-electron chi connectivity index (χ2n) is 5.60. The minimum Gasteiger partial charge on any atom is -0.466 e. The van der Waals surface area contributed by atoms with Crippen LogP contribution in [0.5, 0.6) is 0 Å². The molecule has 0 aliphatic heterocycles. The normalized spacial score (nSPS) is 10.2. The highest BCUT2D eigenvalue weighted by atomic mass is 16.5. The lowest BCUT2D eigenvalue weighted by Gasteiger charge is -2.20. The van der Waals surface area contributed by atoms with Gasteiger partial charge in [0.05, 0.1) is 19.1 Å². The van der Waals surface area contributed by atoms with Crippen LogP contribution in [0.25, 0.3) is 0 Å². The van der Waals surface area contributed by atoms with E-state index in [9.17, 15) is 9.59 Å². The molecule has 0 bridgehead atoms. The monoisotopic (exact) mass is 316 g/mol. The van der Waals surface area contributed by atoms with Crippen molar-refractivity contribution in [2.75, 3.05) is 18.1 Å². The summed E-state index contributed by atoms with van der Waals surface area (Å²) >= 11 is 0. The Morgan fingerprint density at radius 1 is 1.22 bits per heavy atom. The van der Waals surface area contributed by atoms with Crippen molar-refractivity contribution in [3.63, 3.8) is 0 Å². The maximum Gasteiger partial charge on any atom is 0.306 e. The Morgan fingerprint density at radius 2 is 1.87 bits per heavy atom. The summed E-state index contributed by atoms with van der Waals surface area (Å²) in [7, 11) is 0. The Hall–Kier alpha value is -2.35. The number of esters is 1. The van der Waals surface area contributed by atoms with E-state index < -0.39 is 0 Å². The van der Waals surface area contributed by atoms with Crippen LogP contribution in [0, 0.1) is 11.3 Å². The van der Waals surface area contributed by atoms with Gasteiger partial charge in [0.1, 0.15) is 6.54 Å². The summed E-state index contributed by atoms with van der Waals surface area (Å²) in [5.41, 5.74) is 1.84. The topological polar surface area (TPSA) is 70.4 Å². The molecule has 0 atom stereocenters. The Labute approximate surface area is 137 Å². The Bertz CT molecular complexity index is 559. The van der Waals surface area contributed by atoms with Crippen molar-refractivity contribution in [2.45, 2.75) is 46.0 Å². The van der Waals surface area contributed by atoms with Gasteiger partial charge in [-0.1, -0.05) is 32.9 Å². The van der Waals surface area contributed by atoms with Crippen molar-refractivity contribution in [3.8, 4) is 6.07 Å². The molecule has 1 aromatic rings. The van der Waals surface area contributed by atoms with Gasteiger partial charge in [-0.2, -0.15) is 5.26 Å². The highest BCUT2D eigenvalue weighted by Gasteiger charge is 2.17. The predicted octanol–water partition coefficient (Wildman–Crippen LogP) is 3.40. The highest BCUT2D eigenvalue weighted by Crippen LogP contribution is 2.21. The van der Waals surface area contributed by atoms with E-state index in [-0.39, 0.29) is 31.3 Å². The first-order valence-corrected chi connectivity index (χ1v) is 7.92. The second kappa shape index (κ2) is 9.62. The molecular formula is C18H24N2O3. The number of anilines is 1. The molecular weight excluding hydrogens is 292 g/mol. The van der Waals surface area contributed by atoms with E-state index in [1.54, 1.807) is 0 Å². The molecule has 0 aliphatic rings. The zero-order chi connectivity index (χ0) is 17.2. The SMILES string of the molecule is CCCOC(=O)CCC(=O)N(CC#N)c1ccc(C(C)C)cc1. The van der Waals surface area contributed by atoms with Gasteiger partial charge in [0, 0.05) is 12.1 Å². The molecule has 0 saturated heterocycles. The summed E-state index contributed by atoms with van der Waals surface area (Å²) in [6, 6.07) is 9.57. The van der Waals surface area contributed by atoms with Crippen LogP contribution < -0.4 is 4.90 Å². The van der Waals surface area contributed by atoms with E-state index in [4.69, 9.17) is 10.00 Å². The molecule has 0 spiro atoms. The first kappa shape index (κ1) is 18.7. The van der Waals surface area contributed by atoms with Crippen LogP contribution in [0.15, 0.2) is 24.3 Å². The van der Waals surface area contributed by atoms with E-state index in [0.29, 0.717) is 18.2 Å². The van der Waals surface area contributed by atoms with Gasteiger partial charge in [0.25, 0.3) is 0 Å². The summed E-state index contributed by atoms with van der Waals surface area (Å²) in [5, 5.41) is 8.95. The van der Waals surface area contributed by atoms with Gasteiger partial charge in [0.2, 0.25) is 5.91 Å². The van der Waals surface area contributed by atoms with Crippen LogP contribution in [0.4, 0.5) is 5.69 Å². The van der Waals surface area contributed by atoms with Crippen molar-refractivity contribution >= 4 is 17.6 Å². The van der Waals surface area contributed by atoms with Gasteiger partial charge in [-0.05, 0) is 30.0 Å². The molecule has 1 amide bonds. The minimum atomic E-state index is -0.382. The minimum absolute atomic E-state index is 0.0326. The molecule has 0 N–H and O–H groups in total. The quantitative estimate of drug-likeness (QED) is 0.544. The lowest BCUT2D eigenvalue weighted by atomic mass is 10.0. The number of hydrogen-bond acceptors (Lipinski definition) is 4. The maximum absolute atomic E-state index is 12.3. The fourth-order valence-electron chi connectivity index (χ4n) is 2.07. The fraction of sp³-hybridized carbons (Fsp3) is 0.500. The van der Waals surface area contributed by atoms with E-state index >= 15 is 0 Å². The number of amides is 1. The van der Waals surface area contributed by atoms with Crippen LogP contribution in [0.2, 0.25) is 0 Å². The maximum atomic E-state index is 12.3. The summed E-state index contributed by atoms with van der Waals surface area (Å²) in [6.45, 7) is 6.42. The van der Waals surface area contributed by atoms with Gasteiger partial charge in [-0.15, -0.1) is 0 Å². The summed E-state index contributed by atoms with van der Waals surface area (Å²) in [5.74, 6) is -0.234.